The summed E-state index contributed by atoms with van der Waals surface area (Å²) in [6, 6.07) is 0. The number of carbonyl (C=O) groups is 2. The minimum atomic E-state index is -5.83. The van der Waals surface area contributed by atoms with E-state index >= 15 is 0 Å². The van der Waals surface area contributed by atoms with Crippen LogP contribution in [0, 0.1) is 5.41 Å². The molecular weight excluding hydrogens is 338 g/mol. The molecule has 0 spiro atoms. The molecule has 0 saturated heterocycles. The second-order valence-electron chi connectivity index (χ2n) is 4.88. The van der Waals surface area contributed by atoms with E-state index in [2.05, 4.69) is 9.47 Å². The van der Waals surface area contributed by atoms with Crippen molar-refractivity contribution in [1.82, 2.24) is 0 Å². The highest BCUT2D eigenvalue weighted by Crippen LogP contribution is 2.35. The Balaban J connectivity index is 4.75. The summed E-state index contributed by atoms with van der Waals surface area (Å²) in [5.74, 6) is -2.97. The summed E-state index contributed by atoms with van der Waals surface area (Å²) in [6.45, 7) is 1.51. The standard InChI is InChI=1S/C12H16F6O5/c1-4-10(2,6-21-3)9(20)22-5-7(19)23-8(11(13,14)15)12(16,17)18/h8H,4-6H2,1-3H3. The minimum Gasteiger partial charge on any atom is -0.453 e. The Kier molecular flexibility index (Phi) is 7.32. The van der Waals surface area contributed by atoms with Crippen molar-refractivity contribution in [2.75, 3.05) is 20.3 Å². The van der Waals surface area contributed by atoms with Gasteiger partial charge in [0, 0.05) is 7.11 Å². The van der Waals surface area contributed by atoms with E-state index in [4.69, 9.17) is 4.74 Å². The zero-order valence-electron chi connectivity index (χ0n) is 12.5. The minimum absolute atomic E-state index is 0.106. The van der Waals surface area contributed by atoms with Crippen molar-refractivity contribution < 1.29 is 50.1 Å². The van der Waals surface area contributed by atoms with Gasteiger partial charge in [-0.25, -0.2) is 4.79 Å². The number of alkyl halides is 6. The van der Waals surface area contributed by atoms with Gasteiger partial charge in [-0.1, -0.05) is 6.92 Å². The molecular formula is C12H16F6O5. The van der Waals surface area contributed by atoms with Gasteiger partial charge in [-0.3, -0.25) is 4.79 Å². The number of carbonyl (C=O) groups excluding carboxylic acids is 2. The molecule has 0 heterocycles. The van der Waals surface area contributed by atoms with E-state index in [1.807, 2.05) is 0 Å². The normalized spacial score (nSPS) is 15.2. The van der Waals surface area contributed by atoms with Gasteiger partial charge >= 0.3 is 24.3 Å². The van der Waals surface area contributed by atoms with Crippen molar-refractivity contribution in [3.05, 3.63) is 0 Å². The third kappa shape index (κ3) is 6.63. The van der Waals surface area contributed by atoms with Gasteiger partial charge in [-0.15, -0.1) is 0 Å². The number of rotatable bonds is 7. The molecule has 0 amide bonds. The number of halogens is 6. The highest BCUT2D eigenvalue weighted by molar-refractivity contribution is 5.80. The summed E-state index contributed by atoms with van der Waals surface area (Å²) >= 11 is 0. The Morgan fingerprint density at radius 2 is 1.52 bits per heavy atom. The van der Waals surface area contributed by atoms with Gasteiger partial charge in [-0.05, 0) is 13.3 Å². The lowest BCUT2D eigenvalue weighted by Gasteiger charge is -2.25. The van der Waals surface area contributed by atoms with Gasteiger partial charge in [0.25, 0.3) is 6.10 Å². The topological polar surface area (TPSA) is 61.8 Å². The van der Waals surface area contributed by atoms with Crippen LogP contribution in [0.2, 0.25) is 0 Å². The fourth-order valence-electron chi connectivity index (χ4n) is 1.41. The van der Waals surface area contributed by atoms with Crippen LogP contribution in [0.5, 0.6) is 0 Å². The molecule has 1 atom stereocenters. The molecule has 0 aromatic carbocycles. The molecule has 11 heteroatoms. The van der Waals surface area contributed by atoms with Gasteiger partial charge < -0.3 is 14.2 Å². The van der Waals surface area contributed by atoms with Crippen LogP contribution in [0.1, 0.15) is 20.3 Å². The van der Waals surface area contributed by atoms with Gasteiger partial charge in [0.15, 0.2) is 6.61 Å². The van der Waals surface area contributed by atoms with Gasteiger partial charge in [0.2, 0.25) is 0 Å². The molecule has 1 unspecified atom stereocenters. The van der Waals surface area contributed by atoms with Crippen molar-refractivity contribution in [2.45, 2.75) is 38.7 Å². The molecule has 136 valence electrons. The fraction of sp³-hybridized carbons (Fsp3) is 0.833. The average molecular weight is 354 g/mol. The summed E-state index contributed by atoms with van der Waals surface area (Å²) in [4.78, 5) is 22.8. The van der Waals surface area contributed by atoms with Crippen molar-refractivity contribution in [3.63, 3.8) is 0 Å². The molecule has 0 radical (unpaired) electrons. The second-order valence-corrected chi connectivity index (χ2v) is 4.88. The third-order valence-electron chi connectivity index (χ3n) is 2.90. The maximum Gasteiger partial charge on any atom is 0.434 e. The first-order valence-corrected chi connectivity index (χ1v) is 6.27. The smallest absolute Gasteiger partial charge is 0.434 e. The van der Waals surface area contributed by atoms with Crippen LogP contribution in [-0.4, -0.2) is 50.7 Å². The Bertz CT molecular complexity index is 405. The molecule has 23 heavy (non-hydrogen) atoms. The van der Waals surface area contributed by atoms with E-state index in [-0.39, 0.29) is 13.0 Å². The number of hydrogen-bond donors (Lipinski definition) is 0. The molecule has 5 nitrogen and oxygen atoms in total. The first kappa shape index (κ1) is 21.5. The van der Waals surface area contributed by atoms with Crippen LogP contribution < -0.4 is 0 Å². The number of hydrogen-bond acceptors (Lipinski definition) is 5. The molecule has 0 aliphatic carbocycles. The summed E-state index contributed by atoms with van der Waals surface area (Å²) in [5, 5.41) is 0. The van der Waals surface area contributed by atoms with Crippen LogP contribution in [0.3, 0.4) is 0 Å². The van der Waals surface area contributed by atoms with Crippen LogP contribution in [0.15, 0.2) is 0 Å². The SMILES string of the molecule is CCC(C)(COC)C(=O)OCC(=O)OC(C(F)(F)F)C(F)(F)F. The van der Waals surface area contributed by atoms with E-state index in [1.165, 1.54) is 14.0 Å². The Hall–Kier alpha value is -1.52. The van der Waals surface area contributed by atoms with Gasteiger partial charge in [0.1, 0.15) is 0 Å². The van der Waals surface area contributed by atoms with Crippen LogP contribution in [0.4, 0.5) is 26.3 Å². The van der Waals surface area contributed by atoms with Crippen molar-refractivity contribution in [1.29, 1.82) is 0 Å². The molecule has 0 aromatic heterocycles. The van der Waals surface area contributed by atoms with Crippen molar-refractivity contribution >= 4 is 11.9 Å². The van der Waals surface area contributed by atoms with Gasteiger partial charge in [-0.2, -0.15) is 26.3 Å². The summed E-state index contributed by atoms with van der Waals surface area (Å²) in [6.07, 6.45) is -15.7. The van der Waals surface area contributed by atoms with Gasteiger partial charge in [0.05, 0.1) is 12.0 Å². The van der Waals surface area contributed by atoms with Crippen LogP contribution in [-0.2, 0) is 23.8 Å². The van der Waals surface area contributed by atoms with Crippen LogP contribution >= 0.6 is 0 Å². The van der Waals surface area contributed by atoms with E-state index in [0.29, 0.717) is 0 Å². The highest BCUT2D eigenvalue weighted by atomic mass is 19.4. The molecule has 0 aromatic rings. The quantitative estimate of drug-likeness (QED) is 0.520. The molecule has 0 aliphatic heterocycles. The highest BCUT2D eigenvalue weighted by Gasteiger charge is 2.59. The zero-order valence-corrected chi connectivity index (χ0v) is 12.5. The molecule has 0 N–H and O–H groups in total. The number of ether oxygens (including phenoxy) is 3. The second kappa shape index (κ2) is 7.84. The lowest BCUT2D eigenvalue weighted by molar-refractivity contribution is -0.313. The third-order valence-corrected chi connectivity index (χ3v) is 2.90. The summed E-state index contributed by atoms with van der Waals surface area (Å²) in [7, 11) is 1.28. The molecule has 0 saturated carbocycles. The lowest BCUT2D eigenvalue weighted by atomic mass is 9.89. The maximum atomic E-state index is 12.2. The van der Waals surface area contributed by atoms with E-state index in [9.17, 15) is 35.9 Å². The Labute approximate surface area is 127 Å². The predicted octanol–water partition coefficient (Wildman–Crippen LogP) is 2.63. The monoisotopic (exact) mass is 354 g/mol. The van der Waals surface area contributed by atoms with E-state index in [0.717, 1.165) is 0 Å². The molecule has 0 aliphatic rings. The summed E-state index contributed by atoms with van der Waals surface area (Å²) in [5.41, 5.74) is -1.19. The van der Waals surface area contributed by atoms with Crippen molar-refractivity contribution in [3.8, 4) is 0 Å². The predicted molar refractivity (Wildman–Crippen MR) is 63.2 cm³/mol. The first-order chi connectivity index (χ1) is 10.3. The average Bonchev–Trinajstić information content (AvgIpc) is 2.39. The fourth-order valence-corrected chi connectivity index (χ4v) is 1.41. The largest absolute Gasteiger partial charge is 0.453 e. The number of methoxy groups -OCH3 is 1. The van der Waals surface area contributed by atoms with E-state index < -0.39 is 42.4 Å². The Morgan fingerprint density at radius 1 is 1.04 bits per heavy atom. The van der Waals surface area contributed by atoms with E-state index in [1.54, 1.807) is 6.92 Å². The zero-order chi connectivity index (χ0) is 18.5. The van der Waals surface area contributed by atoms with Crippen molar-refractivity contribution in [2.24, 2.45) is 5.41 Å². The van der Waals surface area contributed by atoms with Crippen LogP contribution in [0.25, 0.3) is 0 Å². The number of esters is 2. The molecule has 0 fully saturated rings. The first-order valence-electron chi connectivity index (χ1n) is 6.27. The lowest BCUT2D eigenvalue weighted by Crippen LogP contribution is -2.46. The summed E-state index contributed by atoms with van der Waals surface area (Å²) < 4.78 is 85.7. The molecule has 0 rings (SSSR count). The Morgan fingerprint density at radius 3 is 1.87 bits per heavy atom. The molecule has 0 bridgehead atoms. The maximum absolute atomic E-state index is 12.2.